The fraction of sp³-hybridized carbons (Fsp3) is 0.545. The molecule has 0 spiro atoms. The van der Waals surface area contributed by atoms with E-state index in [9.17, 15) is 0 Å². The zero-order valence-electron chi connectivity index (χ0n) is 9.31. The molecule has 0 aliphatic carbocycles. The van der Waals surface area contributed by atoms with Crippen molar-refractivity contribution in [2.24, 2.45) is 0 Å². The van der Waals surface area contributed by atoms with Crippen LogP contribution in [-0.4, -0.2) is 31.3 Å². The second kappa shape index (κ2) is 6.55. The first-order chi connectivity index (χ1) is 7.40. The predicted octanol–water partition coefficient (Wildman–Crippen LogP) is 1.64. The van der Waals surface area contributed by atoms with Crippen molar-refractivity contribution in [2.75, 3.05) is 20.2 Å². The monoisotopic (exact) mass is 244 g/mol. The van der Waals surface area contributed by atoms with Crippen LogP contribution in [-0.2, 0) is 0 Å². The first kappa shape index (κ1) is 13.1. The van der Waals surface area contributed by atoms with Gasteiger partial charge in [-0.2, -0.15) is 0 Å². The van der Waals surface area contributed by atoms with Gasteiger partial charge in [0.05, 0.1) is 7.11 Å². The molecule has 0 atom stereocenters. The van der Waals surface area contributed by atoms with Crippen molar-refractivity contribution in [3.63, 3.8) is 0 Å². The summed E-state index contributed by atoms with van der Waals surface area (Å²) in [4.78, 5) is 4.10. The third kappa shape index (κ3) is 3.25. The molecule has 1 N–H and O–H groups in total. The quantitative estimate of drug-likeness (QED) is 0.878. The second-order valence-electron chi connectivity index (χ2n) is 3.58. The maximum absolute atomic E-state index is 5.85. The van der Waals surface area contributed by atoms with E-state index in [0.29, 0.717) is 5.88 Å². The smallest absolute Gasteiger partial charge is 0.256 e. The normalized spacial score (nSPS) is 16.3. The van der Waals surface area contributed by atoms with E-state index in [0.717, 1.165) is 31.7 Å². The van der Waals surface area contributed by atoms with E-state index in [-0.39, 0.29) is 18.5 Å². The summed E-state index contributed by atoms with van der Waals surface area (Å²) < 4.78 is 11.0. The Kier molecular flexibility index (Phi) is 5.35. The number of rotatable bonds is 3. The summed E-state index contributed by atoms with van der Waals surface area (Å²) in [6.07, 6.45) is 4.06. The van der Waals surface area contributed by atoms with Crippen LogP contribution >= 0.6 is 12.4 Å². The fourth-order valence-corrected chi connectivity index (χ4v) is 1.71. The highest BCUT2D eigenvalue weighted by Gasteiger charge is 2.16. The van der Waals surface area contributed by atoms with Crippen molar-refractivity contribution in [3.05, 3.63) is 18.3 Å². The summed E-state index contributed by atoms with van der Waals surface area (Å²) >= 11 is 0. The molecular formula is C11H17ClN2O2. The Bertz CT molecular complexity index is 317. The third-order valence-electron chi connectivity index (χ3n) is 2.51. The molecule has 0 saturated carbocycles. The molecule has 1 aliphatic rings. The summed E-state index contributed by atoms with van der Waals surface area (Å²) in [6, 6.07) is 3.76. The lowest BCUT2D eigenvalue weighted by atomic mass is 10.1. The second-order valence-corrected chi connectivity index (χ2v) is 3.58. The van der Waals surface area contributed by atoms with Gasteiger partial charge in [-0.25, -0.2) is 4.98 Å². The van der Waals surface area contributed by atoms with Gasteiger partial charge in [0.25, 0.3) is 5.88 Å². The zero-order chi connectivity index (χ0) is 10.5. The van der Waals surface area contributed by atoms with Crippen molar-refractivity contribution < 1.29 is 9.47 Å². The van der Waals surface area contributed by atoms with Gasteiger partial charge in [0, 0.05) is 6.20 Å². The highest BCUT2D eigenvalue weighted by molar-refractivity contribution is 5.85. The maximum Gasteiger partial charge on any atom is 0.256 e. The number of aromatic nitrogens is 1. The topological polar surface area (TPSA) is 43.4 Å². The van der Waals surface area contributed by atoms with Crippen LogP contribution in [0.4, 0.5) is 0 Å². The molecule has 1 aromatic rings. The molecule has 0 unspecified atom stereocenters. The summed E-state index contributed by atoms with van der Waals surface area (Å²) in [5.74, 6) is 1.31. The Balaban J connectivity index is 0.00000128. The molecule has 0 radical (unpaired) electrons. The molecular weight excluding hydrogens is 228 g/mol. The number of methoxy groups -OCH3 is 1. The summed E-state index contributed by atoms with van der Waals surface area (Å²) in [5.41, 5.74) is 0. The molecule has 1 saturated heterocycles. The molecule has 16 heavy (non-hydrogen) atoms. The van der Waals surface area contributed by atoms with Crippen molar-refractivity contribution in [3.8, 4) is 11.6 Å². The molecule has 5 heteroatoms. The van der Waals surface area contributed by atoms with E-state index in [2.05, 4.69) is 10.3 Å². The number of nitrogens with one attached hydrogen (secondary N) is 1. The van der Waals surface area contributed by atoms with Gasteiger partial charge in [0.15, 0.2) is 5.75 Å². The van der Waals surface area contributed by atoms with E-state index in [1.165, 1.54) is 0 Å². The molecule has 4 nitrogen and oxygen atoms in total. The average Bonchev–Trinajstić information content (AvgIpc) is 2.31. The van der Waals surface area contributed by atoms with Crippen LogP contribution in [0.25, 0.3) is 0 Å². The Morgan fingerprint density at radius 2 is 2.12 bits per heavy atom. The maximum atomic E-state index is 5.85. The minimum absolute atomic E-state index is 0. The van der Waals surface area contributed by atoms with Gasteiger partial charge in [-0.3, -0.25) is 0 Å². The van der Waals surface area contributed by atoms with Crippen LogP contribution in [0.15, 0.2) is 18.3 Å². The van der Waals surface area contributed by atoms with Crippen LogP contribution in [0.2, 0.25) is 0 Å². The highest BCUT2D eigenvalue weighted by atomic mass is 35.5. The van der Waals surface area contributed by atoms with Crippen molar-refractivity contribution >= 4 is 12.4 Å². The van der Waals surface area contributed by atoms with Gasteiger partial charge in [-0.1, -0.05) is 0 Å². The van der Waals surface area contributed by atoms with Crippen molar-refractivity contribution in [1.29, 1.82) is 0 Å². The average molecular weight is 245 g/mol. The van der Waals surface area contributed by atoms with E-state index in [4.69, 9.17) is 9.47 Å². The molecule has 2 rings (SSSR count). The zero-order valence-corrected chi connectivity index (χ0v) is 10.1. The van der Waals surface area contributed by atoms with E-state index >= 15 is 0 Å². The van der Waals surface area contributed by atoms with Gasteiger partial charge in [0.1, 0.15) is 6.10 Å². The SMILES string of the molecule is COc1ncccc1OC1CCNCC1.Cl. The predicted molar refractivity (Wildman–Crippen MR) is 64.6 cm³/mol. The molecule has 2 heterocycles. The Hall–Kier alpha value is -1.00. The summed E-state index contributed by atoms with van der Waals surface area (Å²) in [7, 11) is 1.61. The molecule has 0 bridgehead atoms. The number of hydrogen-bond acceptors (Lipinski definition) is 4. The number of pyridine rings is 1. The first-order valence-corrected chi connectivity index (χ1v) is 5.26. The van der Waals surface area contributed by atoms with E-state index in [1.807, 2.05) is 12.1 Å². The van der Waals surface area contributed by atoms with Gasteiger partial charge < -0.3 is 14.8 Å². The first-order valence-electron chi connectivity index (χ1n) is 5.26. The Morgan fingerprint density at radius 1 is 1.38 bits per heavy atom. The highest BCUT2D eigenvalue weighted by Crippen LogP contribution is 2.25. The number of nitrogens with zero attached hydrogens (tertiary/aromatic N) is 1. The van der Waals surface area contributed by atoms with E-state index < -0.39 is 0 Å². The molecule has 90 valence electrons. The lowest BCUT2D eigenvalue weighted by Gasteiger charge is -2.24. The summed E-state index contributed by atoms with van der Waals surface area (Å²) in [5, 5.41) is 3.30. The van der Waals surface area contributed by atoms with Crippen LogP contribution in [0.5, 0.6) is 11.6 Å². The van der Waals surface area contributed by atoms with Crippen LogP contribution in [0.3, 0.4) is 0 Å². The number of hydrogen-bond donors (Lipinski definition) is 1. The van der Waals surface area contributed by atoms with Crippen molar-refractivity contribution in [1.82, 2.24) is 10.3 Å². The lowest BCUT2D eigenvalue weighted by molar-refractivity contribution is 0.155. The standard InChI is InChI=1S/C11H16N2O2.ClH/c1-14-11-10(3-2-6-13-11)15-9-4-7-12-8-5-9;/h2-3,6,9,12H,4-5,7-8H2,1H3;1H. The van der Waals surface area contributed by atoms with E-state index in [1.54, 1.807) is 13.3 Å². The Morgan fingerprint density at radius 3 is 2.81 bits per heavy atom. The fourth-order valence-electron chi connectivity index (χ4n) is 1.71. The molecule has 0 amide bonds. The van der Waals surface area contributed by atoms with Gasteiger partial charge >= 0.3 is 0 Å². The van der Waals surface area contributed by atoms with Crippen LogP contribution < -0.4 is 14.8 Å². The molecule has 1 aromatic heterocycles. The minimum atomic E-state index is 0. The molecule has 0 aromatic carbocycles. The van der Waals surface area contributed by atoms with Gasteiger partial charge in [-0.15, -0.1) is 12.4 Å². The minimum Gasteiger partial charge on any atom is -0.485 e. The summed E-state index contributed by atoms with van der Waals surface area (Å²) in [6.45, 7) is 2.04. The molecule has 1 fully saturated rings. The number of piperidine rings is 1. The number of ether oxygens (including phenoxy) is 2. The van der Waals surface area contributed by atoms with Crippen LogP contribution in [0, 0.1) is 0 Å². The molecule has 1 aliphatic heterocycles. The van der Waals surface area contributed by atoms with Crippen molar-refractivity contribution in [2.45, 2.75) is 18.9 Å². The number of halogens is 1. The largest absolute Gasteiger partial charge is 0.485 e. The van der Waals surface area contributed by atoms with Crippen LogP contribution in [0.1, 0.15) is 12.8 Å². The van der Waals surface area contributed by atoms with Gasteiger partial charge in [0.2, 0.25) is 0 Å². The third-order valence-corrected chi connectivity index (χ3v) is 2.51. The Labute approximate surface area is 102 Å². The van der Waals surface area contributed by atoms with Gasteiger partial charge in [-0.05, 0) is 38.1 Å². The lowest BCUT2D eigenvalue weighted by Crippen LogP contribution is -2.34.